The molecule has 0 bridgehead atoms. The maximum absolute atomic E-state index is 12.1. The van der Waals surface area contributed by atoms with Crippen LogP contribution in [0.3, 0.4) is 0 Å². The minimum atomic E-state index is -0.932. The molecule has 1 atom stereocenters. The van der Waals surface area contributed by atoms with E-state index >= 15 is 0 Å². The van der Waals surface area contributed by atoms with Gasteiger partial charge in [0, 0.05) is 31.6 Å². The molecule has 0 fully saturated rings. The normalized spacial score (nSPS) is 12.3. The Morgan fingerprint density at radius 1 is 0.957 bits per heavy atom. The number of carboxylic acid groups (broad SMARTS) is 1. The van der Waals surface area contributed by atoms with E-state index < -0.39 is 12.0 Å². The number of hydrogen-bond donors (Lipinski definition) is 5. The van der Waals surface area contributed by atoms with Crippen LogP contribution in [0.2, 0.25) is 0 Å². The first-order chi connectivity index (χ1) is 10.7. The van der Waals surface area contributed by atoms with Gasteiger partial charge in [0.05, 0.1) is 12.6 Å². The summed E-state index contributed by atoms with van der Waals surface area (Å²) in [5, 5.41) is 20.2. The van der Waals surface area contributed by atoms with Crippen molar-refractivity contribution >= 4 is 17.8 Å². The van der Waals surface area contributed by atoms with Crippen molar-refractivity contribution in [1.29, 1.82) is 0 Å². The molecule has 0 radical (unpaired) electrons. The molecule has 0 aliphatic rings. The molecule has 0 aliphatic heterocycles. The van der Waals surface area contributed by atoms with E-state index in [0.717, 1.165) is 0 Å². The fourth-order valence-corrected chi connectivity index (χ4v) is 1.83. The van der Waals surface area contributed by atoms with Crippen LogP contribution in [-0.4, -0.2) is 60.6 Å². The third-order valence-corrected chi connectivity index (χ3v) is 2.92. The minimum absolute atomic E-state index is 0.0707. The fraction of sp³-hybridized carbons (Fsp3) is 0.800. The van der Waals surface area contributed by atoms with Crippen LogP contribution in [0.15, 0.2) is 0 Å². The Morgan fingerprint density at radius 2 is 1.57 bits per heavy atom. The summed E-state index contributed by atoms with van der Waals surface area (Å²) in [4.78, 5) is 34.2. The van der Waals surface area contributed by atoms with Crippen LogP contribution >= 0.6 is 0 Å². The molecule has 134 valence electrons. The fourth-order valence-electron chi connectivity index (χ4n) is 1.83. The van der Waals surface area contributed by atoms with Crippen molar-refractivity contribution in [3.05, 3.63) is 0 Å². The van der Waals surface area contributed by atoms with Gasteiger partial charge in [0.2, 0.25) is 11.8 Å². The van der Waals surface area contributed by atoms with E-state index in [1.807, 2.05) is 27.7 Å². The van der Waals surface area contributed by atoms with Crippen molar-refractivity contribution in [3.8, 4) is 0 Å². The third-order valence-electron chi connectivity index (χ3n) is 2.92. The number of nitrogens with one attached hydrogen (secondary N) is 4. The molecule has 0 saturated heterocycles. The second kappa shape index (κ2) is 11.8. The Balaban J connectivity index is 4.06. The Hall–Kier alpha value is -1.67. The van der Waals surface area contributed by atoms with Gasteiger partial charge in [-0.05, 0) is 6.42 Å². The summed E-state index contributed by atoms with van der Waals surface area (Å²) in [6, 6.07) is -0.247. The molecule has 23 heavy (non-hydrogen) atoms. The van der Waals surface area contributed by atoms with E-state index in [1.165, 1.54) is 0 Å². The lowest BCUT2D eigenvalue weighted by Crippen LogP contribution is -2.48. The molecule has 0 aromatic rings. The van der Waals surface area contributed by atoms with Gasteiger partial charge >= 0.3 is 5.97 Å². The van der Waals surface area contributed by atoms with Gasteiger partial charge in [-0.2, -0.15) is 0 Å². The molecule has 0 saturated carbocycles. The smallest absolute Gasteiger partial charge is 0.303 e. The monoisotopic (exact) mass is 330 g/mol. The van der Waals surface area contributed by atoms with Gasteiger partial charge in [-0.1, -0.05) is 27.7 Å². The Labute approximate surface area is 137 Å². The number of amides is 2. The van der Waals surface area contributed by atoms with E-state index in [2.05, 4.69) is 21.3 Å². The number of carbonyl (C=O) groups is 3. The highest BCUT2D eigenvalue weighted by molar-refractivity contribution is 5.82. The summed E-state index contributed by atoms with van der Waals surface area (Å²) >= 11 is 0. The minimum Gasteiger partial charge on any atom is -0.481 e. The van der Waals surface area contributed by atoms with Crippen molar-refractivity contribution < 1.29 is 19.5 Å². The van der Waals surface area contributed by atoms with Gasteiger partial charge in [0.1, 0.15) is 0 Å². The quantitative estimate of drug-likeness (QED) is 0.306. The molecule has 5 N–H and O–H groups in total. The summed E-state index contributed by atoms with van der Waals surface area (Å²) in [5.74, 6) is -1.32. The molecule has 0 unspecified atom stereocenters. The largest absolute Gasteiger partial charge is 0.481 e. The van der Waals surface area contributed by atoms with Gasteiger partial charge in [0.15, 0.2) is 0 Å². The zero-order valence-electron chi connectivity index (χ0n) is 14.4. The lowest BCUT2D eigenvalue weighted by molar-refractivity contribution is -0.137. The van der Waals surface area contributed by atoms with E-state index in [9.17, 15) is 14.4 Å². The van der Waals surface area contributed by atoms with Crippen LogP contribution in [-0.2, 0) is 14.4 Å². The maximum atomic E-state index is 12.1. The predicted octanol–water partition coefficient (Wildman–Crippen LogP) is -0.552. The highest BCUT2D eigenvalue weighted by atomic mass is 16.4. The van der Waals surface area contributed by atoms with Gasteiger partial charge < -0.3 is 26.4 Å². The Kier molecular flexibility index (Phi) is 11.0. The number of carboxylic acids is 1. The molecular weight excluding hydrogens is 300 g/mol. The molecule has 8 heteroatoms. The lowest BCUT2D eigenvalue weighted by atomic mass is 10.1. The number of carbonyl (C=O) groups excluding carboxylic acids is 2. The molecule has 8 nitrogen and oxygen atoms in total. The van der Waals surface area contributed by atoms with E-state index in [-0.39, 0.29) is 43.3 Å². The van der Waals surface area contributed by atoms with Crippen LogP contribution < -0.4 is 21.3 Å². The first-order valence-corrected chi connectivity index (χ1v) is 7.98. The molecule has 0 spiro atoms. The summed E-state index contributed by atoms with van der Waals surface area (Å²) < 4.78 is 0. The SMILES string of the molecule is CC(C)NCC(=O)NCCNC(=O)[C@H](CCC(=O)O)NC(C)C. The number of hydrogen-bond acceptors (Lipinski definition) is 5. The zero-order chi connectivity index (χ0) is 17.8. The van der Waals surface area contributed by atoms with Crippen LogP contribution in [0.25, 0.3) is 0 Å². The number of aliphatic carboxylic acids is 1. The van der Waals surface area contributed by atoms with Crippen molar-refractivity contribution in [3.63, 3.8) is 0 Å². The third kappa shape index (κ3) is 12.5. The van der Waals surface area contributed by atoms with Gasteiger partial charge in [-0.3, -0.25) is 14.4 Å². The summed E-state index contributed by atoms with van der Waals surface area (Å²) in [6.45, 7) is 8.56. The van der Waals surface area contributed by atoms with Crippen LogP contribution in [0, 0.1) is 0 Å². The molecule has 0 aromatic heterocycles. The second-order valence-electron chi connectivity index (χ2n) is 5.98. The summed E-state index contributed by atoms with van der Waals surface area (Å²) in [5.41, 5.74) is 0. The van der Waals surface area contributed by atoms with E-state index in [0.29, 0.717) is 13.1 Å². The lowest BCUT2D eigenvalue weighted by Gasteiger charge is -2.20. The standard InChI is InChI=1S/C15H30N4O4/c1-10(2)18-9-13(20)16-7-8-17-15(23)12(19-11(3)4)5-6-14(21)22/h10-12,18-19H,5-9H2,1-4H3,(H,16,20)(H,17,23)(H,21,22)/t12-/m0/s1. The van der Waals surface area contributed by atoms with Gasteiger partial charge in [-0.15, -0.1) is 0 Å². The van der Waals surface area contributed by atoms with Crippen molar-refractivity contribution in [2.75, 3.05) is 19.6 Å². The molecule has 0 aromatic carbocycles. The van der Waals surface area contributed by atoms with Crippen molar-refractivity contribution in [1.82, 2.24) is 21.3 Å². The van der Waals surface area contributed by atoms with E-state index in [1.54, 1.807) is 0 Å². The Bertz CT molecular complexity index is 386. The second-order valence-corrected chi connectivity index (χ2v) is 5.98. The van der Waals surface area contributed by atoms with Crippen molar-refractivity contribution in [2.45, 2.75) is 58.7 Å². The molecule has 2 amide bonds. The predicted molar refractivity (Wildman–Crippen MR) is 88.1 cm³/mol. The molecule has 0 aliphatic carbocycles. The number of rotatable bonds is 12. The highest BCUT2D eigenvalue weighted by Crippen LogP contribution is 1.99. The molecule has 0 rings (SSSR count). The van der Waals surface area contributed by atoms with Crippen LogP contribution in [0.4, 0.5) is 0 Å². The zero-order valence-corrected chi connectivity index (χ0v) is 14.4. The Morgan fingerprint density at radius 3 is 2.09 bits per heavy atom. The molecular formula is C15H30N4O4. The summed E-state index contributed by atoms with van der Waals surface area (Å²) in [7, 11) is 0. The average Bonchev–Trinajstić information content (AvgIpc) is 2.44. The highest BCUT2D eigenvalue weighted by Gasteiger charge is 2.19. The average molecular weight is 330 g/mol. The topological polar surface area (TPSA) is 120 Å². The van der Waals surface area contributed by atoms with E-state index in [4.69, 9.17) is 5.11 Å². The molecule has 0 heterocycles. The maximum Gasteiger partial charge on any atom is 0.303 e. The first-order valence-electron chi connectivity index (χ1n) is 7.98. The summed E-state index contributed by atoms with van der Waals surface area (Å²) in [6.07, 6.45) is 0.152. The van der Waals surface area contributed by atoms with Gasteiger partial charge in [-0.25, -0.2) is 0 Å². The van der Waals surface area contributed by atoms with Crippen LogP contribution in [0.5, 0.6) is 0 Å². The van der Waals surface area contributed by atoms with Gasteiger partial charge in [0.25, 0.3) is 0 Å². The van der Waals surface area contributed by atoms with Crippen LogP contribution in [0.1, 0.15) is 40.5 Å². The first kappa shape index (κ1) is 21.3. The van der Waals surface area contributed by atoms with Crippen molar-refractivity contribution in [2.24, 2.45) is 0 Å².